The Kier molecular flexibility index (Phi) is 2.97. The van der Waals surface area contributed by atoms with Gasteiger partial charge in [0.15, 0.2) is 0 Å². The van der Waals surface area contributed by atoms with E-state index in [0.29, 0.717) is 0 Å². The van der Waals surface area contributed by atoms with Gasteiger partial charge in [-0.15, -0.1) is 0 Å². The summed E-state index contributed by atoms with van der Waals surface area (Å²) in [7, 11) is 2.05. The number of nitrogens with zero attached hydrogens (tertiary/aromatic N) is 2. The number of hydrogen-bond acceptors (Lipinski definition) is 3. The number of likely N-dealkylation sites (N-methyl/N-ethyl adjacent to an activating group) is 1. The van der Waals surface area contributed by atoms with Gasteiger partial charge < -0.3 is 10.6 Å². The van der Waals surface area contributed by atoms with Crippen LogP contribution < -0.4 is 5.73 Å². The van der Waals surface area contributed by atoms with Crippen LogP contribution in [-0.2, 0) is 0 Å². The van der Waals surface area contributed by atoms with Gasteiger partial charge in [-0.05, 0) is 30.5 Å². The number of aliphatic imine (C=N–C) groups is 1. The summed E-state index contributed by atoms with van der Waals surface area (Å²) in [5.74, 6) is 1.01. The largest absolute Gasteiger partial charge is 0.360 e. The fraction of sp³-hybridized carbons (Fsp3) is 0.462. The summed E-state index contributed by atoms with van der Waals surface area (Å²) in [6, 6.07) is 6.19. The summed E-state index contributed by atoms with van der Waals surface area (Å²) in [5, 5.41) is 0. The van der Waals surface area contributed by atoms with Crippen molar-refractivity contribution in [1.82, 2.24) is 4.90 Å². The molecule has 16 heavy (non-hydrogen) atoms. The van der Waals surface area contributed by atoms with Crippen LogP contribution in [0, 0.1) is 13.8 Å². The van der Waals surface area contributed by atoms with Gasteiger partial charge >= 0.3 is 0 Å². The van der Waals surface area contributed by atoms with Crippen molar-refractivity contribution >= 4 is 5.84 Å². The van der Waals surface area contributed by atoms with E-state index in [1.165, 1.54) is 16.7 Å². The van der Waals surface area contributed by atoms with E-state index in [1.54, 1.807) is 0 Å². The van der Waals surface area contributed by atoms with Crippen molar-refractivity contribution < 1.29 is 0 Å². The maximum Gasteiger partial charge on any atom is 0.120 e. The Morgan fingerprint density at radius 2 is 2.12 bits per heavy atom. The third kappa shape index (κ3) is 1.83. The van der Waals surface area contributed by atoms with Gasteiger partial charge in [-0.25, -0.2) is 0 Å². The fourth-order valence-electron chi connectivity index (χ4n) is 2.14. The predicted molar refractivity (Wildman–Crippen MR) is 67.8 cm³/mol. The molecule has 1 heterocycles. The summed E-state index contributed by atoms with van der Waals surface area (Å²) in [6.07, 6.45) is 0. The Bertz CT molecular complexity index is 423. The van der Waals surface area contributed by atoms with E-state index in [2.05, 4.69) is 49.0 Å². The van der Waals surface area contributed by atoms with Gasteiger partial charge in [0.2, 0.25) is 0 Å². The Morgan fingerprint density at radius 3 is 2.75 bits per heavy atom. The van der Waals surface area contributed by atoms with Crippen molar-refractivity contribution in [1.29, 1.82) is 0 Å². The van der Waals surface area contributed by atoms with E-state index in [1.807, 2.05) is 0 Å². The van der Waals surface area contributed by atoms with Crippen molar-refractivity contribution in [2.45, 2.75) is 19.9 Å². The molecule has 1 aliphatic rings. The number of hydrogen-bond donors (Lipinski definition) is 1. The average Bonchev–Trinajstić information content (AvgIpc) is 2.68. The highest BCUT2D eigenvalue weighted by Gasteiger charge is 2.22. The first-order valence-corrected chi connectivity index (χ1v) is 5.68. The zero-order valence-corrected chi connectivity index (χ0v) is 10.2. The van der Waals surface area contributed by atoms with E-state index >= 15 is 0 Å². The summed E-state index contributed by atoms with van der Waals surface area (Å²) in [4.78, 5) is 6.63. The Hall–Kier alpha value is -1.35. The lowest BCUT2D eigenvalue weighted by molar-refractivity contribution is 0.536. The minimum absolute atomic E-state index is 0.0904. The van der Waals surface area contributed by atoms with Crippen molar-refractivity contribution in [3.05, 3.63) is 34.9 Å². The average molecular weight is 217 g/mol. The molecule has 0 aliphatic carbocycles. The number of rotatable bonds is 2. The Morgan fingerprint density at radius 1 is 1.38 bits per heavy atom. The topological polar surface area (TPSA) is 41.6 Å². The molecule has 0 bridgehead atoms. The first-order chi connectivity index (χ1) is 7.61. The smallest absolute Gasteiger partial charge is 0.120 e. The molecule has 3 nitrogen and oxygen atoms in total. The van der Waals surface area contributed by atoms with E-state index in [4.69, 9.17) is 5.73 Å². The van der Waals surface area contributed by atoms with Gasteiger partial charge in [-0.2, -0.15) is 0 Å². The summed E-state index contributed by atoms with van der Waals surface area (Å²) in [5.41, 5.74) is 10.0. The number of aryl methyl sites for hydroxylation is 1. The highest BCUT2D eigenvalue weighted by Crippen LogP contribution is 2.22. The molecule has 1 aromatic carbocycles. The lowest BCUT2D eigenvalue weighted by Crippen LogP contribution is -2.33. The van der Waals surface area contributed by atoms with Crippen LogP contribution in [-0.4, -0.2) is 30.9 Å². The molecule has 0 radical (unpaired) electrons. The molecule has 0 saturated heterocycles. The highest BCUT2D eigenvalue weighted by molar-refractivity contribution is 5.89. The van der Waals surface area contributed by atoms with E-state index in [9.17, 15) is 0 Å². The Labute approximate surface area is 97.0 Å². The van der Waals surface area contributed by atoms with E-state index in [0.717, 1.165) is 18.9 Å². The van der Waals surface area contributed by atoms with E-state index < -0.39 is 0 Å². The molecule has 0 fully saturated rings. The predicted octanol–water partition coefficient (Wildman–Crippen LogP) is 1.65. The SMILES string of the molecule is Cc1cccc(C(N)C2=NCCN2C)c1C. The Balaban J connectivity index is 2.34. The van der Waals surface area contributed by atoms with Crippen LogP contribution in [0.4, 0.5) is 0 Å². The lowest BCUT2D eigenvalue weighted by atomic mass is 9.97. The molecule has 86 valence electrons. The van der Waals surface area contributed by atoms with Crippen molar-refractivity contribution in [2.75, 3.05) is 20.1 Å². The number of amidine groups is 1. The molecule has 1 aliphatic heterocycles. The van der Waals surface area contributed by atoms with Gasteiger partial charge in [-0.1, -0.05) is 18.2 Å². The van der Waals surface area contributed by atoms with E-state index in [-0.39, 0.29) is 6.04 Å². The first kappa shape index (κ1) is 11.1. The molecule has 1 unspecified atom stereocenters. The zero-order chi connectivity index (χ0) is 11.7. The molecule has 2 N–H and O–H groups in total. The minimum atomic E-state index is -0.0904. The second-order valence-corrected chi connectivity index (χ2v) is 4.43. The fourth-order valence-corrected chi connectivity index (χ4v) is 2.14. The molecule has 0 amide bonds. The number of nitrogens with two attached hydrogens (primary N) is 1. The molecule has 0 saturated carbocycles. The summed E-state index contributed by atoms with van der Waals surface area (Å²) >= 11 is 0. The quantitative estimate of drug-likeness (QED) is 0.818. The second kappa shape index (κ2) is 4.26. The third-order valence-corrected chi connectivity index (χ3v) is 3.36. The first-order valence-electron chi connectivity index (χ1n) is 5.68. The van der Waals surface area contributed by atoms with Gasteiger partial charge in [-0.3, -0.25) is 4.99 Å². The van der Waals surface area contributed by atoms with Crippen molar-refractivity contribution in [3.8, 4) is 0 Å². The van der Waals surface area contributed by atoms with Crippen LogP contribution in [0.1, 0.15) is 22.7 Å². The molecule has 1 atom stereocenters. The number of benzene rings is 1. The van der Waals surface area contributed by atoms with Gasteiger partial charge in [0.05, 0.1) is 12.6 Å². The molecule has 0 aromatic heterocycles. The van der Waals surface area contributed by atoms with Crippen molar-refractivity contribution in [2.24, 2.45) is 10.7 Å². The van der Waals surface area contributed by atoms with Crippen LogP contribution in [0.5, 0.6) is 0 Å². The zero-order valence-electron chi connectivity index (χ0n) is 10.2. The molecule has 2 rings (SSSR count). The van der Waals surface area contributed by atoms with Crippen molar-refractivity contribution in [3.63, 3.8) is 0 Å². The standard InChI is InChI=1S/C13H19N3/c1-9-5-4-6-11(10(9)2)12(14)13-15-7-8-16(13)3/h4-6,12H,7-8,14H2,1-3H3. The van der Waals surface area contributed by atoms with Crippen LogP contribution in [0.2, 0.25) is 0 Å². The second-order valence-electron chi connectivity index (χ2n) is 4.43. The maximum absolute atomic E-state index is 6.29. The summed E-state index contributed by atoms with van der Waals surface area (Å²) < 4.78 is 0. The molecular formula is C13H19N3. The molecular weight excluding hydrogens is 198 g/mol. The van der Waals surface area contributed by atoms with Gasteiger partial charge in [0.1, 0.15) is 5.84 Å². The van der Waals surface area contributed by atoms with Gasteiger partial charge in [0, 0.05) is 13.6 Å². The molecule has 1 aromatic rings. The normalized spacial score (nSPS) is 17.5. The van der Waals surface area contributed by atoms with Crippen LogP contribution in [0.25, 0.3) is 0 Å². The van der Waals surface area contributed by atoms with Crippen LogP contribution in [0.15, 0.2) is 23.2 Å². The van der Waals surface area contributed by atoms with Crippen LogP contribution in [0.3, 0.4) is 0 Å². The lowest BCUT2D eigenvalue weighted by Gasteiger charge is -2.22. The third-order valence-electron chi connectivity index (χ3n) is 3.36. The highest BCUT2D eigenvalue weighted by atomic mass is 15.2. The van der Waals surface area contributed by atoms with Crippen LogP contribution >= 0.6 is 0 Å². The monoisotopic (exact) mass is 217 g/mol. The minimum Gasteiger partial charge on any atom is -0.360 e. The summed E-state index contributed by atoms with van der Waals surface area (Å²) in [6.45, 7) is 6.09. The maximum atomic E-state index is 6.29. The molecule has 3 heteroatoms. The van der Waals surface area contributed by atoms with Gasteiger partial charge in [0.25, 0.3) is 0 Å². The molecule has 0 spiro atoms.